The zero-order valence-corrected chi connectivity index (χ0v) is 11.9. The fourth-order valence-corrected chi connectivity index (χ4v) is 2.20. The second kappa shape index (κ2) is 6.36. The summed E-state index contributed by atoms with van der Waals surface area (Å²) >= 11 is 11.5. The van der Waals surface area contributed by atoms with E-state index in [1.165, 1.54) is 0 Å². The van der Waals surface area contributed by atoms with Gasteiger partial charge in [0, 0.05) is 13.1 Å². The number of rotatable bonds is 7. The maximum atomic E-state index is 10.8. The van der Waals surface area contributed by atoms with Crippen LogP contribution in [0.2, 0.25) is 0 Å². The van der Waals surface area contributed by atoms with E-state index >= 15 is 0 Å². The summed E-state index contributed by atoms with van der Waals surface area (Å²) in [6, 6.07) is 0. The van der Waals surface area contributed by atoms with E-state index in [4.69, 9.17) is 23.2 Å². The minimum atomic E-state index is -3.33. The van der Waals surface area contributed by atoms with Crippen LogP contribution in [0.1, 0.15) is 0 Å². The average Bonchev–Trinajstić information content (AvgIpc) is 2.07. The number of halogens is 2. The molecular weight excluding hydrogens is 299 g/mol. The van der Waals surface area contributed by atoms with Gasteiger partial charge in [-0.25, -0.2) is 26.3 Å². The standard InChI is InChI=1S/C6H14Cl2N2O4S2/c1-15(11,12)9-3-5(7)6(8)4-10-16(2,13)14/h5-6,9-10H,3-4H2,1-2H3/t5-,6-/m0/s1. The molecule has 2 N–H and O–H groups in total. The molecule has 0 spiro atoms. The van der Waals surface area contributed by atoms with E-state index < -0.39 is 30.8 Å². The van der Waals surface area contributed by atoms with Crippen LogP contribution in [-0.2, 0) is 20.0 Å². The molecule has 0 rings (SSSR count). The lowest BCUT2D eigenvalue weighted by molar-refractivity contribution is 0.575. The first kappa shape index (κ1) is 16.4. The lowest BCUT2D eigenvalue weighted by Crippen LogP contribution is -2.39. The van der Waals surface area contributed by atoms with Crippen molar-refractivity contribution < 1.29 is 16.8 Å². The third-order valence-corrected chi connectivity index (χ3v) is 3.90. The summed E-state index contributed by atoms with van der Waals surface area (Å²) in [6.07, 6.45) is 1.99. The zero-order valence-electron chi connectivity index (χ0n) is 8.77. The summed E-state index contributed by atoms with van der Waals surface area (Å²) in [5, 5.41) is -1.41. The predicted octanol–water partition coefficient (Wildman–Crippen LogP) is -0.700. The lowest BCUT2D eigenvalue weighted by Gasteiger charge is -2.16. The first-order valence-corrected chi connectivity index (χ1v) is 8.84. The molecule has 0 bridgehead atoms. The molecule has 0 aromatic heterocycles. The van der Waals surface area contributed by atoms with Crippen molar-refractivity contribution in [1.29, 1.82) is 0 Å². The molecule has 0 aromatic carbocycles. The molecule has 0 aliphatic rings. The highest BCUT2D eigenvalue weighted by Gasteiger charge is 2.19. The van der Waals surface area contributed by atoms with Crippen LogP contribution in [0.3, 0.4) is 0 Å². The minimum Gasteiger partial charge on any atom is -0.214 e. The van der Waals surface area contributed by atoms with Crippen LogP contribution < -0.4 is 9.44 Å². The topological polar surface area (TPSA) is 92.3 Å². The maximum absolute atomic E-state index is 10.8. The largest absolute Gasteiger partial charge is 0.214 e. The molecule has 0 aliphatic heterocycles. The first-order chi connectivity index (χ1) is 7.01. The van der Waals surface area contributed by atoms with Crippen LogP contribution >= 0.6 is 23.2 Å². The van der Waals surface area contributed by atoms with E-state index in [-0.39, 0.29) is 13.1 Å². The SMILES string of the molecule is CS(=O)(=O)NC[C@H](Cl)[C@@H](Cl)CNS(C)(=O)=O. The Bertz CT molecular complexity index is 368. The maximum Gasteiger partial charge on any atom is 0.208 e. The smallest absolute Gasteiger partial charge is 0.208 e. The highest BCUT2D eigenvalue weighted by atomic mass is 35.5. The van der Waals surface area contributed by atoms with Gasteiger partial charge in [-0.2, -0.15) is 0 Å². The molecule has 0 aliphatic carbocycles. The van der Waals surface area contributed by atoms with Crippen LogP contribution in [0.4, 0.5) is 0 Å². The molecule has 0 aromatic rings. The monoisotopic (exact) mass is 312 g/mol. The van der Waals surface area contributed by atoms with Crippen molar-refractivity contribution >= 4 is 43.2 Å². The van der Waals surface area contributed by atoms with Crippen molar-refractivity contribution in [3.8, 4) is 0 Å². The van der Waals surface area contributed by atoms with E-state index in [2.05, 4.69) is 9.44 Å². The highest BCUT2D eigenvalue weighted by Crippen LogP contribution is 2.08. The Labute approximate surface area is 106 Å². The Morgan fingerprint density at radius 3 is 1.31 bits per heavy atom. The number of alkyl halides is 2. The number of nitrogens with one attached hydrogen (secondary N) is 2. The van der Waals surface area contributed by atoms with Gasteiger partial charge in [0.15, 0.2) is 0 Å². The molecule has 10 heteroatoms. The van der Waals surface area contributed by atoms with Crippen molar-refractivity contribution in [2.24, 2.45) is 0 Å². The number of hydrogen-bond acceptors (Lipinski definition) is 4. The van der Waals surface area contributed by atoms with Crippen LogP contribution in [-0.4, -0.2) is 53.2 Å². The van der Waals surface area contributed by atoms with E-state index in [9.17, 15) is 16.8 Å². The predicted molar refractivity (Wildman–Crippen MR) is 65.0 cm³/mol. The van der Waals surface area contributed by atoms with Gasteiger partial charge in [0.25, 0.3) is 0 Å². The molecule has 16 heavy (non-hydrogen) atoms. The van der Waals surface area contributed by atoms with Crippen molar-refractivity contribution in [3.05, 3.63) is 0 Å². The van der Waals surface area contributed by atoms with Crippen LogP contribution in [0.5, 0.6) is 0 Å². The normalized spacial score (nSPS) is 17.0. The van der Waals surface area contributed by atoms with E-state index in [0.717, 1.165) is 12.5 Å². The van der Waals surface area contributed by atoms with Gasteiger partial charge in [0.05, 0.1) is 23.3 Å². The van der Waals surface area contributed by atoms with Gasteiger partial charge in [0.1, 0.15) is 0 Å². The van der Waals surface area contributed by atoms with E-state index in [1.54, 1.807) is 0 Å². The molecule has 0 unspecified atom stereocenters. The molecular formula is C6H14Cl2N2O4S2. The second-order valence-electron chi connectivity index (χ2n) is 3.27. The van der Waals surface area contributed by atoms with Gasteiger partial charge >= 0.3 is 0 Å². The summed E-state index contributed by atoms with van der Waals surface area (Å²) in [5.41, 5.74) is 0. The molecule has 0 amide bonds. The van der Waals surface area contributed by atoms with Gasteiger partial charge < -0.3 is 0 Å². The summed E-state index contributed by atoms with van der Waals surface area (Å²) in [4.78, 5) is 0. The van der Waals surface area contributed by atoms with Gasteiger partial charge in [-0.3, -0.25) is 0 Å². The quantitative estimate of drug-likeness (QED) is 0.608. The minimum absolute atomic E-state index is 0.0556. The van der Waals surface area contributed by atoms with Gasteiger partial charge in [-0.05, 0) is 0 Å². The van der Waals surface area contributed by atoms with E-state index in [0.29, 0.717) is 0 Å². The Morgan fingerprint density at radius 2 is 1.12 bits per heavy atom. The molecule has 0 saturated carbocycles. The number of sulfonamides is 2. The Kier molecular flexibility index (Phi) is 6.52. The molecule has 0 saturated heterocycles. The van der Waals surface area contributed by atoms with Crippen molar-refractivity contribution in [2.45, 2.75) is 10.8 Å². The van der Waals surface area contributed by atoms with Crippen molar-refractivity contribution in [1.82, 2.24) is 9.44 Å². The third kappa shape index (κ3) is 9.61. The fourth-order valence-electron chi connectivity index (χ4n) is 0.718. The Balaban J connectivity index is 4.05. The van der Waals surface area contributed by atoms with Crippen LogP contribution in [0, 0.1) is 0 Å². The second-order valence-corrected chi connectivity index (χ2v) is 8.06. The number of hydrogen-bond donors (Lipinski definition) is 2. The van der Waals surface area contributed by atoms with Gasteiger partial charge in [-0.1, -0.05) is 0 Å². The Morgan fingerprint density at radius 1 is 0.875 bits per heavy atom. The molecule has 2 atom stereocenters. The Hall–Kier alpha value is 0.400. The lowest BCUT2D eigenvalue weighted by atomic mass is 10.3. The molecule has 98 valence electrons. The molecule has 0 heterocycles. The highest BCUT2D eigenvalue weighted by molar-refractivity contribution is 7.89. The van der Waals surface area contributed by atoms with Gasteiger partial charge in [0.2, 0.25) is 20.0 Å². The van der Waals surface area contributed by atoms with Gasteiger partial charge in [-0.15, -0.1) is 23.2 Å². The first-order valence-electron chi connectivity index (χ1n) is 4.18. The summed E-state index contributed by atoms with van der Waals surface area (Å²) in [6.45, 7) is -0.111. The molecule has 0 radical (unpaired) electrons. The van der Waals surface area contributed by atoms with Crippen LogP contribution in [0.25, 0.3) is 0 Å². The average molecular weight is 313 g/mol. The molecule has 6 nitrogen and oxygen atoms in total. The summed E-state index contributed by atoms with van der Waals surface area (Å²) in [7, 11) is -6.66. The van der Waals surface area contributed by atoms with Crippen molar-refractivity contribution in [2.75, 3.05) is 25.6 Å². The zero-order chi connectivity index (χ0) is 13.0. The molecule has 0 fully saturated rings. The third-order valence-electron chi connectivity index (χ3n) is 1.47. The summed E-state index contributed by atoms with van der Waals surface area (Å²) in [5.74, 6) is 0. The van der Waals surface area contributed by atoms with Crippen LogP contribution in [0.15, 0.2) is 0 Å². The fraction of sp³-hybridized carbons (Fsp3) is 1.00. The van der Waals surface area contributed by atoms with E-state index in [1.807, 2.05) is 0 Å². The summed E-state index contributed by atoms with van der Waals surface area (Å²) < 4.78 is 47.4. The van der Waals surface area contributed by atoms with Crippen molar-refractivity contribution in [3.63, 3.8) is 0 Å².